The molecule has 1 aliphatic carbocycles. The topological polar surface area (TPSA) is 12.5 Å². The van der Waals surface area contributed by atoms with Crippen LogP contribution in [0.5, 0.6) is 0 Å². The highest BCUT2D eigenvalue weighted by molar-refractivity contribution is 5.18. The highest BCUT2D eigenvalue weighted by Gasteiger charge is 2.34. The molecule has 0 aromatic heterocycles. The van der Waals surface area contributed by atoms with Crippen molar-refractivity contribution in [1.29, 1.82) is 0 Å². The molecule has 0 atom stereocenters. The standard InChI is InChI=1S/C14H17F2NO/c15-13-6-1-10(9-14(13)16)7-8-17-11-2-4-12(18-17)5-3-11/h1,6,9,11-12H,2-5,7-8H2. The Morgan fingerprint density at radius 2 is 1.89 bits per heavy atom. The second-order valence-electron chi connectivity index (χ2n) is 5.18. The van der Waals surface area contributed by atoms with Crippen LogP contribution in [0.4, 0.5) is 8.78 Å². The van der Waals surface area contributed by atoms with Crippen molar-refractivity contribution in [3.05, 3.63) is 35.4 Å². The van der Waals surface area contributed by atoms with Gasteiger partial charge in [0.2, 0.25) is 0 Å². The molecule has 2 aliphatic heterocycles. The van der Waals surface area contributed by atoms with Crippen LogP contribution in [0.15, 0.2) is 18.2 Å². The van der Waals surface area contributed by atoms with Crippen molar-refractivity contribution in [3.63, 3.8) is 0 Å². The van der Waals surface area contributed by atoms with E-state index in [1.165, 1.54) is 25.0 Å². The summed E-state index contributed by atoms with van der Waals surface area (Å²) in [6, 6.07) is 4.62. The zero-order valence-corrected chi connectivity index (χ0v) is 10.2. The first kappa shape index (κ1) is 12.1. The van der Waals surface area contributed by atoms with Gasteiger partial charge < -0.3 is 0 Å². The third kappa shape index (κ3) is 2.40. The first-order valence-electron chi connectivity index (χ1n) is 6.60. The van der Waals surface area contributed by atoms with Crippen molar-refractivity contribution in [2.75, 3.05) is 6.54 Å². The molecule has 2 heterocycles. The Labute approximate surface area is 105 Å². The van der Waals surface area contributed by atoms with Gasteiger partial charge in [-0.25, -0.2) is 8.78 Å². The number of hydrogen-bond acceptors (Lipinski definition) is 2. The second-order valence-corrected chi connectivity index (χ2v) is 5.18. The minimum Gasteiger partial charge on any atom is -0.295 e. The van der Waals surface area contributed by atoms with Crippen molar-refractivity contribution in [1.82, 2.24) is 5.06 Å². The molecular weight excluding hydrogens is 236 g/mol. The molecule has 3 aliphatic rings. The van der Waals surface area contributed by atoms with Gasteiger partial charge in [0.05, 0.1) is 6.10 Å². The lowest BCUT2D eigenvalue weighted by Gasteiger charge is -2.44. The van der Waals surface area contributed by atoms with Gasteiger partial charge in [0, 0.05) is 12.6 Å². The number of benzene rings is 1. The maximum absolute atomic E-state index is 13.1. The molecule has 98 valence electrons. The monoisotopic (exact) mass is 253 g/mol. The molecule has 18 heavy (non-hydrogen) atoms. The zero-order chi connectivity index (χ0) is 12.5. The van der Waals surface area contributed by atoms with Crippen LogP contribution in [0.25, 0.3) is 0 Å². The summed E-state index contributed by atoms with van der Waals surface area (Å²) >= 11 is 0. The molecule has 0 spiro atoms. The Bertz CT molecular complexity index is 430. The molecule has 4 heteroatoms. The lowest BCUT2D eigenvalue weighted by Crippen LogP contribution is -2.49. The molecule has 2 nitrogen and oxygen atoms in total. The zero-order valence-electron chi connectivity index (χ0n) is 10.2. The Morgan fingerprint density at radius 1 is 1.11 bits per heavy atom. The summed E-state index contributed by atoms with van der Waals surface area (Å²) in [4.78, 5) is 5.83. The van der Waals surface area contributed by atoms with E-state index in [0.29, 0.717) is 18.6 Å². The summed E-state index contributed by atoms with van der Waals surface area (Å²) in [6.07, 6.45) is 5.78. The Hall–Kier alpha value is -1.00. The molecule has 2 saturated heterocycles. The molecule has 0 unspecified atom stereocenters. The molecule has 0 N–H and O–H groups in total. The van der Waals surface area contributed by atoms with Gasteiger partial charge in [-0.15, -0.1) is 0 Å². The molecule has 0 radical (unpaired) electrons. The SMILES string of the molecule is Fc1ccc(CCN2OC3CCC2CC3)cc1F. The summed E-state index contributed by atoms with van der Waals surface area (Å²) < 4.78 is 25.9. The maximum Gasteiger partial charge on any atom is 0.159 e. The molecule has 0 amide bonds. The van der Waals surface area contributed by atoms with Crippen molar-refractivity contribution in [2.45, 2.75) is 44.2 Å². The highest BCUT2D eigenvalue weighted by Crippen LogP contribution is 2.32. The van der Waals surface area contributed by atoms with Crippen LogP contribution in [-0.2, 0) is 11.3 Å². The quantitative estimate of drug-likeness (QED) is 0.821. The van der Waals surface area contributed by atoms with Crippen molar-refractivity contribution in [2.24, 2.45) is 0 Å². The van der Waals surface area contributed by atoms with E-state index < -0.39 is 11.6 Å². The van der Waals surface area contributed by atoms with Crippen LogP contribution in [0.1, 0.15) is 31.2 Å². The number of rotatable bonds is 3. The molecule has 1 aromatic carbocycles. The fourth-order valence-electron chi connectivity index (χ4n) is 2.89. The van der Waals surface area contributed by atoms with Gasteiger partial charge in [-0.3, -0.25) is 4.84 Å². The van der Waals surface area contributed by atoms with Crippen LogP contribution in [0.3, 0.4) is 0 Å². The molecule has 2 bridgehead atoms. The van der Waals surface area contributed by atoms with Gasteiger partial charge in [0.15, 0.2) is 11.6 Å². The average molecular weight is 253 g/mol. The largest absolute Gasteiger partial charge is 0.295 e. The first-order chi connectivity index (χ1) is 8.72. The van der Waals surface area contributed by atoms with Crippen LogP contribution in [0, 0.1) is 11.6 Å². The van der Waals surface area contributed by atoms with E-state index in [2.05, 4.69) is 0 Å². The van der Waals surface area contributed by atoms with Crippen molar-refractivity contribution < 1.29 is 13.6 Å². The normalized spacial score (nSPS) is 27.7. The van der Waals surface area contributed by atoms with E-state index in [-0.39, 0.29) is 0 Å². The number of hydroxylamine groups is 2. The predicted molar refractivity (Wildman–Crippen MR) is 63.9 cm³/mol. The average Bonchev–Trinajstić information content (AvgIpc) is 2.41. The lowest BCUT2D eigenvalue weighted by molar-refractivity contribution is -0.275. The molecule has 4 rings (SSSR count). The van der Waals surface area contributed by atoms with Gasteiger partial charge in [-0.05, 0) is 49.8 Å². The van der Waals surface area contributed by atoms with E-state index in [9.17, 15) is 8.78 Å². The summed E-state index contributed by atoms with van der Waals surface area (Å²) in [5.74, 6) is -1.55. The predicted octanol–water partition coefficient (Wildman–Crippen LogP) is 3.07. The van der Waals surface area contributed by atoms with Crippen molar-refractivity contribution in [3.8, 4) is 0 Å². The van der Waals surface area contributed by atoms with Gasteiger partial charge >= 0.3 is 0 Å². The third-order valence-electron chi connectivity index (χ3n) is 3.94. The van der Waals surface area contributed by atoms with Gasteiger partial charge in [0.1, 0.15) is 0 Å². The molecule has 3 fully saturated rings. The van der Waals surface area contributed by atoms with E-state index in [0.717, 1.165) is 24.9 Å². The van der Waals surface area contributed by atoms with Crippen LogP contribution in [-0.4, -0.2) is 23.8 Å². The third-order valence-corrected chi connectivity index (χ3v) is 3.94. The number of fused-ring (bicyclic) bond motifs is 3. The molecular formula is C14H17F2NO. The number of hydrogen-bond donors (Lipinski definition) is 0. The summed E-state index contributed by atoms with van der Waals surface area (Å²) in [5.41, 5.74) is 0.818. The van der Waals surface area contributed by atoms with E-state index in [4.69, 9.17) is 4.84 Å². The van der Waals surface area contributed by atoms with Crippen LogP contribution >= 0.6 is 0 Å². The van der Waals surface area contributed by atoms with Gasteiger partial charge in [-0.1, -0.05) is 6.07 Å². The maximum atomic E-state index is 13.1. The summed E-state index contributed by atoms with van der Waals surface area (Å²) in [6.45, 7) is 0.756. The van der Waals surface area contributed by atoms with Gasteiger partial charge in [-0.2, -0.15) is 5.06 Å². The summed E-state index contributed by atoms with van der Waals surface area (Å²) in [5, 5.41) is 2.04. The van der Waals surface area contributed by atoms with Crippen LogP contribution < -0.4 is 0 Å². The molecule has 1 aromatic rings. The van der Waals surface area contributed by atoms with Gasteiger partial charge in [0.25, 0.3) is 0 Å². The number of halogens is 2. The lowest BCUT2D eigenvalue weighted by atomic mass is 9.91. The summed E-state index contributed by atoms with van der Waals surface area (Å²) in [7, 11) is 0. The van der Waals surface area contributed by atoms with Crippen molar-refractivity contribution >= 4 is 0 Å². The fourth-order valence-corrected chi connectivity index (χ4v) is 2.89. The Kier molecular flexibility index (Phi) is 3.31. The molecule has 1 saturated carbocycles. The Morgan fingerprint density at radius 3 is 2.50 bits per heavy atom. The minimum atomic E-state index is -0.785. The second kappa shape index (κ2) is 4.94. The fraction of sp³-hybridized carbons (Fsp3) is 0.571. The first-order valence-corrected chi connectivity index (χ1v) is 6.60. The van der Waals surface area contributed by atoms with E-state index in [1.807, 2.05) is 5.06 Å². The minimum absolute atomic E-state index is 0.375. The Balaban J connectivity index is 1.59. The van der Waals surface area contributed by atoms with Crippen LogP contribution in [0.2, 0.25) is 0 Å². The van der Waals surface area contributed by atoms with E-state index >= 15 is 0 Å². The highest BCUT2D eigenvalue weighted by atomic mass is 19.2. The smallest absolute Gasteiger partial charge is 0.159 e. The van der Waals surface area contributed by atoms with E-state index in [1.54, 1.807) is 6.07 Å². The number of nitrogens with zero attached hydrogens (tertiary/aromatic N) is 1.